The van der Waals surface area contributed by atoms with E-state index in [2.05, 4.69) is 11.1 Å². The molecule has 21 heavy (non-hydrogen) atoms. The molecule has 0 spiro atoms. The van der Waals surface area contributed by atoms with Gasteiger partial charge in [-0.05, 0) is 36.8 Å². The SMILES string of the molecule is COc1cc(-c2nc3ccc(C#N)cc3n2C)ccc1C. The van der Waals surface area contributed by atoms with E-state index in [9.17, 15) is 0 Å². The van der Waals surface area contributed by atoms with Crippen LogP contribution in [0.1, 0.15) is 11.1 Å². The number of nitrogens with zero attached hydrogens (tertiary/aromatic N) is 3. The lowest BCUT2D eigenvalue weighted by Gasteiger charge is -2.07. The first kappa shape index (κ1) is 13.2. The molecule has 4 heteroatoms. The summed E-state index contributed by atoms with van der Waals surface area (Å²) in [6.45, 7) is 2.01. The zero-order chi connectivity index (χ0) is 15.0. The van der Waals surface area contributed by atoms with Gasteiger partial charge in [0, 0.05) is 12.6 Å². The Hall–Kier alpha value is -2.80. The van der Waals surface area contributed by atoms with E-state index < -0.39 is 0 Å². The molecule has 0 aliphatic heterocycles. The van der Waals surface area contributed by atoms with Gasteiger partial charge in [-0.25, -0.2) is 4.98 Å². The largest absolute Gasteiger partial charge is 0.496 e. The van der Waals surface area contributed by atoms with Gasteiger partial charge in [0.25, 0.3) is 0 Å². The van der Waals surface area contributed by atoms with Crippen molar-refractivity contribution in [3.8, 4) is 23.2 Å². The van der Waals surface area contributed by atoms with Gasteiger partial charge < -0.3 is 9.30 Å². The Balaban J connectivity index is 2.21. The predicted molar refractivity (Wildman–Crippen MR) is 82.2 cm³/mol. The standard InChI is InChI=1S/C17H15N3O/c1-11-4-6-13(9-16(11)21-3)17-19-14-7-5-12(10-18)8-15(14)20(17)2/h4-9H,1-3H3. The van der Waals surface area contributed by atoms with Crippen LogP contribution in [0.2, 0.25) is 0 Å². The van der Waals surface area contributed by atoms with E-state index in [0.29, 0.717) is 5.56 Å². The van der Waals surface area contributed by atoms with Gasteiger partial charge in [-0.2, -0.15) is 5.26 Å². The molecule has 0 aliphatic carbocycles. The van der Waals surface area contributed by atoms with Crippen LogP contribution in [0.15, 0.2) is 36.4 Å². The smallest absolute Gasteiger partial charge is 0.140 e. The van der Waals surface area contributed by atoms with E-state index in [1.54, 1.807) is 13.2 Å². The van der Waals surface area contributed by atoms with Crippen LogP contribution in [0.5, 0.6) is 5.75 Å². The molecule has 3 rings (SSSR count). The average molecular weight is 277 g/mol. The van der Waals surface area contributed by atoms with Crippen LogP contribution in [0.4, 0.5) is 0 Å². The highest BCUT2D eigenvalue weighted by Crippen LogP contribution is 2.28. The Morgan fingerprint density at radius 3 is 2.71 bits per heavy atom. The van der Waals surface area contributed by atoms with Crippen LogP contribution >= 0.6 is 0 Å². The van der Waals surface area contributed by atoms with Crippen molar-refractivity contribution in [1.29, 1.82) is 5.26 Å². The molecule has 4 nitrogen and oxygen atoms in total. The second-order valence-electron chi connectivity index (χ2n) is 4.99. The first-order valence-electron chi connectivity index (χ1n) is 6.65. The van der Waals surface area contributed by atoms with Crippen molar-refractivity contribution in [3.63, 3.8) is 0 Å². The number of hydrogen-bond donors (Lipinski definition) is 0. The van der Waals surface area contributed by atoms with Gasteiger partial charge in [0.2, 0.25) is 0 Å². The van der Waals surface area contributed by atoms with Gasteiger partial charge >= 0.3 is 0 Å². The Bertz CT molecular complexity index is 872. The Labute approximate surface area is 123 Å². The van der Waals surface area contributed by atoms with E-state index in [1.165, 1.54) is 0 Å². The summed E-state index contributed by atoms with van der Waals surface area (Å²) in [4.78, 5) is 4.66. The van der Waals surface area contributed by atoms with Crippen molar-refractivity contribution in [2.45, 2.75) is 6.92 Å². The Kier molecular flexibility index (Phi) is 3.11. The number of methoxy groups -OCH3 is 1. The number of benzene rings is 2. The molecule has 0 amide bonds. The average Bonchev–Trinajstić information content (AvgIpc) is 2.84. The third-order valence-electron chi connectivity index (χ3n) is 3.68. The number of aryl methyl sites for hydroxylation is 2. The molecule has 1 heterocycles. The fourth-order valence-corrected chi connectivity index (χ4v) is 2.48. The molecule has 2 aromatic carbocycles. The second kappa shape index (κ2) is 4.95. The van der Waals surface area contributed by atoms with Crippen molar-refractivity contribution in [1.82, 2.24) is 9.55 Å². The number of fused-ring (bicyclic) bond motifs is 1. The molecule has 104 valence electrons. The maximum Gasteiger partial charge on any atom is 0.140 e. The fraction of sp³-hybridized carbons (Fsp3) is 0.176. The molecule has 0 unspecified atom stereocenters. The van der Waals surface area contributed by atoms with Crippen molar-refractivity contribution in [2.24, 2.45) is 7.05 Å². The van der Waals surface area contributed by atoms with Crippen molar-refractivity contribution >= 4 is 11.0 Å². The molecule has 0 fully saturated rings. The van der Waals surface area contributed by atoms with E-state index >= 15 is 0 Å². The molecule has 1 aromatic heterocycles. The van der Waals surface area contributed by atoms with Gasteiger partial charge in [0.15, 0.2) is 0 Å². The minimum Gasteiger partial charge on any atom is -0.496 e. The maximum absolute atomic E-state index is 9.01. The van der Waals surface area contributed by atoms with E-state index in [4.69, 9.17) is 10.00 Å². The molecule has 3 aromatic rings. The van der Waals surface area contributed by atoms with Crippen LogP contribution in [0.3, 0.4) is 0 Å². The summed E-state index contributed by atoms with van der Waals surface area (Å²) in [7, 11) is 3.62. The summed E-state index contributed by atoms with van der Waals surface area (Å²) in [5, 5.41) is 9.01. The molecule has 0 saturated carbocycles. The van der Waals surface area contributed by atoms with Crippen LogP contribution in [0.25, 0.3) is 22.4 Å². The van der Waals surface area contributed by atoms with Gasteiger partial charge in [0.1, 0.15) is 11.6 Å². The second-order valence-corrected chi connectivity index (χ2v) is 4.99. The summed E-state index contributed by atoms with van der Waals surface area (Å²) < 4.78 is 7.38. The predicted octanol–water partition coefficient (Wildman–Crippen LogP) is 3.43. The first-order valence-corrected chi connectivity index (χ1v) is 6.65. The minimum atomic E-state index is 0.638. The molecular formula is C17H15N3O. The van der Waals surface area contributed by atoms with E-state index in [0.717, 1.165) is 33.7 Å². The highest BCUT2D eigenvalue weighted by molar-refractivity contribution is 5.82. The van der Waals surface area contributed by atoms with Crippen LogP contribution in [0, 0.1) is 18.3 Å². The minimum absolute atomic E-state index is 0.638. The van der Waals surface area contributed by atoms with Crippen molar-refractivity contribution in [3.05, 3.63) is 47.5 Å². The van der Waals surface area contributed by atoms with Gasteiger partial charge in [0.05, 0.1) is 29.8 Å². The highest BCUT2D eigenvalue weighted by Gasteiger charge is 2.12. The van der Waals surface area contributed by atoms with Crippen molar-refractivity contribution < 1.29 is 4.74 Å². The molecular weight excluding hydrogens is 262 g/mol. The third kappa shape index (κ3) is 2.13. The van der Waals surface area contributed by atoms with Gasteiger partial charge in [-0.3, -0.25) is 0 Å². The number of rotatable bonds is 2. The molecule has 0 atom stereocenters. The summed E-state index contributed by atoms with van der Waals surface area (Å²) in [6, 6.07) is 13.7. The zero-order valence-corrected chi connectivity index (χ0v) is 12.2. The van der Waals surface area contributed by atoms with Crippen LogP contribution in [-0.2, 0) is 7.05 Å². The molecule has 0 aliphatic rings. The lowest BCUT2D eigenvalue weighted by molar-refractivity contribution is 0.412. The topological polar surface area (TPSA) is 50.8 Å². The summed E-state index contributed by atoms with van der Waals surface area (Å²) in [5.41, 5.74) is 4.55. The molecule has 0 saturated heterocycles. The van der Waals surface area contributed by atoms with Crippen LogP contribution in [-0.4, -0.2) is 16.7 Å². The number of imidazole rings is 1. The first-order chi connectivity index (χ1) is 10.1. The number of nitriles is 1. The number of aromatic nitrogens is 2. The molecule has 0 N–H and O–H groups in total. The lowest BCUT2D eigenvalue weighted by atomic mass is 10.1. The number of ether oxygens (including phenoxy) is 1. The Morgan fingerprint density at radius 1 is 1.19 bits per heavy atom. The third-order valence-corrected chi connectivity index (χ3v) is 3.68. The highest BCUT2D eigenvalue weighted by atomic mass is 16.5. The lowest BCUT2D eigenvalue weighted by Crippen LogP contribution is -1.94. The normalized spacial score (nSPS) is 10.6. The summed E-state index contributed by atoms with van der Waals surface area (Å²) in [5.74, 6) is 1.70. The zero-order valence-electron chi connectivity index (χ0n) is 12.2. The summed E-state index contributed by atoms with van der Waals surface area (Å²) in [6.07, 6.45) is 0. The number of hydrogen-bond acceptors (Lipinski definition) is 3. The van der Waals surface area contributed by atoms with Gasteiger partial charge in [-0.15, -0.1) is 0 Å². The maximum atomic E-state index is 9.01. The van der Waals surface area contributed by atoms with Crippen molar-refractivity contribution in [2.75, 3.05) is 7.11 Å². The van der Waals surface area contributed by atoms with E-state index in [1.807, 2.05) is 48.9 Å². The van der Waals surface area contributed by atoms with E-state index in [-0.39, 0.29) is 0 Å². The molecule has 0 bridgehead atoms. The fourth-order valence-electron chi connectivity index (χ4n) is 2.48. The molecule has 0 radical (unpaired) electrons. The Morgan fingerprint density at radius 2 is 2.00 bits per heavy atom. The quantitative estimate of drug-likeness (QED) is 0.721. The van der Waals surface area contributed by atoms with Crippen LogP contribution < -0.4 is 4.74 Å². The monoisotopic (exact) mass is 277 g/mol. The van der Waals surface area contributed by atoms with Gasteiger partial charge in [-0.1, -0.05) is 12.1 Å². The summed E-state index contributed by atoms with van der Waals surface area (Å²) >= 11 is 0.